The molecule has 1 atom stereocenters. The van der Waals surface area contributed by atoms with E-state index in [4.69, 9.17) is 0 Å². The highest BCUT2D eigenvalue weighted by molar-refractivity contribution is 9.10. The molecule has 0 spiro atoms. The predicted molar refractivity (Wildman–Crippen MR) is 91.5 cm³/mol. The zero-order valence-corrected chi connectivity index (χ0v) is 14.8. The fourth-order valence-electron chi connectivity index (χ4n) is 2.87. The van der Waals surface area contributed by atoms with E-state index in [0.29, 0.717) is 11.5 Å². The second-order valence-corrected chi connectivity index (χ2v) is 7.57. The summed E-state index contributed by atoms with van der Waals surface area (Å²) >= 11 is 3.75. The number of anilines is 1. The van der Waals surface area contributed by atoms with Crippen LogP contribution in [0.1, 0.15) is 52.1 Å². The molecule has 0 bridgehead atoms. The van der Waals surface area contributed by atoms with Crippen LogP contribution < -0.4 is 10.2 Å². The molecule has 1 saturated heterocycles. The summed E-state index contributed by atoms with van der Waals surface area (Å²) in [4.78, 5) is 2.50. The van der Waals surface area contributed by atoms with Crippen LogP contribution >= 0.6 is 15.9 Å². The van der Waals surface area contributed by atoms with Crippen LogP contribution in [0.25, 0.3) is 0 Å². The quantitative estimate of drug-likeness (QED) is 0.833. The maximum atomic E-state index is 3.75. The summed E-state index contributed by atoms with van der Waals surface area (Å²) in [5, 5.41) is 3.55. The fraction of sp³-hybridized carbons (Fsp3) is 0.647. The van der Waals surface area contributed by atoms with Crippen LogP contribution in [0.4, 0.5) is 5.69 Å². The Kier molecular flexibility index (Phi) is 5.14. The van der Waals surface area contributed by atoms with Gasteiger partial charge in [0.25, 0.3) is 0 Å². The average molecular weight is 339 g/mol. The van der Waals surface area contributed by atoms with Gasteiger partial charge in [0.2, 0.25) is 0 Å². The lowest BCUT2D eigenvalue weighted by Gasteiger charge is -2.23. The molecule has 2 nitrogen and oxygen atoms in total. The molecule has 1 aromatic carbocycles. The fourth-order valence-corrected chi connectivity index (χ4v) is 3.58. The molecule has 0 aliphatic carbocycles. The van der Waals surface area contributed by atoms with Crippen molar-refractivity contribution in [1.82, 2.24) is 5.32 Å². The molecule has 1 aromatic rings. The Balaban J connectivity index is 2.10. The molecule has 112 valence electrons. The van der Waals surface area contributed by atoms with Crippen molar-refractivity contribution in [2.45, 2.75) is 46.6 Å². The van der Waals surface area contributed by atoms with Crippen LogP contribution in [-0.4, -0.2) is 19.6 Å². The minimum atomic E-state index is 0.397. The Bertz CT molecular complexity index is 456. The van der Waals surface area contributed by atoms with Crippen LogP contribution in [-0.2, 0) is 0 Å². The Hall–Kier alpha value is -0.540. The van der Waals surface area contributed by atoms with Gasteiger partial charge in [0, 0.05) is 29.3 Å². The van der Waals surface area contributed by atoms with E-state index in [-0.39, 0.29) is 0 Å². The summed E-state index contributed by atoms with van der Waals surface area (Å²) in [6.45, 7) is 12.5. The van der Waals surface area contributed by atoms with Crippen molar-refractivity contribution in [3.8, 4) is 0 Å². The molecule has 1 heterocycles. The van der Waals surface area contributed by atoms with E-state index in [1.54, 1.807) is 0 Å². The molecule has 1 unspecified atom stereocenters. The highest BCUT2D eigenvalue weighted by atomic mass is 79.9. The smallest absolute Gasteiger partial charge is 0.0377 e. The maximum Gasteiger partial charge on any atom is 0.0377 e. The first kappa shape index (κ1) is 15.8. The zero-order chi connectivity index (χ0) is 14.8. The van der Waals surface area contributed by atoms with Crippen LogP contribution in [0, 0.1) is 5.41 Å². The van der Waals surface area contributed by atoms with Crippen molar-refractivity contribution in [3.63, 3.8) is 0 Å². The van der Waals surface area contributed by atoms with Crippen molar-refractivity contribution >= 4 is 21.6 Å². The van der Waals surface area contributed by atoms with Crippen LogP contribution in [0.15, 0.2) is 22.7 Å². The number of benzene rings is 1. The molecule has 1 aliphatic rings. The highest BCUT2D eigenvalue weighted by Crippen LogP contribution is 2.35. The molecule has 2 rings (SSSR count). The molecule has 0 aromatic heterocycles. The van der Waals surface area contributed by atoms with Gasteiger partial charge in [-0.25, -0.2) is 0 Å². The van der Waals surface area contributed by atoms with E-state index < -0.39 is 0 Å². The Morgan fingerprint density at radius 1 is 1.40 bits per heavy atom. The summed E-state index contributed by atoms with van der Waals surface area (Å²) in [5.41, 5.74) is 3.13. The number of nitrogens with one attached hydrogen (secondary N) is 1. The van der Waals surface area contributed by atoms with E-state index in [0.717, 1.165) is 13.1 Å². The third-order valence-electron chi connectivity index (χ3n) is 4.19. The van der Waals surface area contributed by atoms with Crippen LogP contribution in [0.5, 0.6) is 0 Å². The standard InChI is InChI=1S/C17H27BrN2/c1-5-9-19-13(2)15-7-6-14(11-16(15)18)20-10-8-17(3,4)12-20/h6-7,11,13,19H,5,8-10,12H2,1-4H3. The first-order valence-electron chi connectivity index (χ1n) is 7.71. The first-order valence-corrected chi connectivity index (χ1v) is 8.50. The second-order valence-electron chi connectivity index (χ2n) is 6.72. The maximum absolute atomic E-state index is 3.75. The third-order valence-corrected chi connectivity index (χ3v) is 4.88. The number of rotatable bonds is 5. The molecule has 1 N–H and O–H groups in total. The largest absolute Gasteiger partial charge is 0.371 e. The van der Waals surface area contributed by atoms with Gasteiger partial charge in [-0.3, -0.25) is 0 Å². The van der Waals surface area contributed by atoms with Crippen molar-refractivity contribution in [2.24, 2.45) is 5.41 Å². The average Bonchev–Trinajstić information content (AvgIpc) is 2.76. The zero-order valence-electron chi connectivity index (χ0n) is 13.2. The van der Waals surface area contributed by atoms with Gasteiger partial charge < -0.3 is 10.2 Å². The van der Waals surface area contributed by atoms with Gasteiger partial charge in [0.05, 0.1) is 0 Å². The molecule has 20 heavy (non-hydrogen) atoms. The number of hydrogen-bond donors (Lipinski definition) is 1. The van der Waals surface area contributed by atoms with E-state index in [1.165, 1.54) is 35.1 Å². The van der Waals surface area contributed by atoms with E-state index in [1.807, 2.05) is 0 Å². The lowest BCUT2D eigenvalue weighted by atomic mass is 9.93. The van der Waals surface area contributed by atoms with Gasteiger partial charge >= 0.3 is 0 Å². The van der Waals surface area contributed by atoms with Gasteiger partial charge in [0.1, 0.15) is 0 Å². The molecular formula is C17H27BrN2. The Labute approximate surface area is 132 Å². The van der Waals surface area contributed by atoms with Gasteiger partial charge in [-0.05, 0) is 49.4 Å². The molecule has 0 radical (unpaired) electrons. The second kappa shape index (κ2) is 6.48. The first-order chi connectivity index (χ1) is 9.43. The lowest BCUT2D eigenvalue weighted by Crippen LogP contribution is -2.23. The minimum Gasteiger partial charge on any atom is -0.371 e. The highest BCUT2D eigenvalue weighted by Gasteiger charge is 2.29. The normalized spacial score (nSPS) is 19.4. The molecule has 0 amide bonds. The predicted octanol–water partition coefficient (Wildman–Crippen LogP) is 4.75. The van der Waals surface area contributed by atoms with Crippen molar-refractivity contribution in [2.75, 3.05) is 24.5 Å². The molecule has 1 aliphatic heterocycles. The summed E-state index contributed by atoms with van der Waals surface area (Å²) in [6.07, 6.45) is 2.45. The van der Waals surface area contributed by atoms with E-state index in [2.05, 4.69) is 72.0 Å². The van der Waals surface area contributed by atoms with Gasteiger partial charge in [-0.15, -0.1) is 0 Å². The third kappa shape index (κ3) is 3.76. The number of hydrogen-bond acceptors (Lipinski definition) is 2. The molecule has 0 saturated carbocycles. The van der Waals surface area contributed by atoms with Crippen molar-refractivity contribution < 1.29 is 0 Å². The summed E-state index contributed by atoms with van der Waals surface area (Å²) in [7, 11) is 0. The summed E-state index contributed by atoms with van der Waals surface area (Å²) in [5.74, 6) is 0. The van der Waals surface area contributed by atoms with Gasteiger partial charge in [-0.1, -0.05) is 42.8 Å². The molecular weight excluding hydrogens is 312 g/mol. The number of halogens is 1. The van der Waals surface area contributed by atoms with Crippen molar-refractivity contribution in [1.29, 1.82) is 0 Å². The van der Waals surface area contributed by atoms with Crippen LogP contribution in [0.2, 0.25) is 0 Å². The van der Waals surface area contributed by atoms with Crippen molar-refractivity contribution in [3.05, 3.63) is 28.2 Å². The Morgan fingerprint density at radius 3 is 2.70 bits per heavy atom. The topological polar surface area (TPSA) is 15.3 Å². The molecule has 1 fully saturated rings. The monoisotopic (exact) mass is 338 g/mol. The van der Waals surface area contributed by atoms with Gasteiger partial charge in [0.15, 0.2) is 0 Å². The number of nitrogens with zero attached hydrogens (tertiary/aromatic N) is 1. The van der Waals surface area contributed by atoms with E-state index >= 15 is 0 Å². The SMILES string of the molecule is CCCNC(C)c1ccc(N2CCC(C)(C)C2)cc1Br. The van der Waals surface area contributed by atoms with Gasteiger partial charge in [-0.2, -0.15) is 0 Å². The lowest BCUT2D eigenvalue weighted by molar-refractivity contribution is 0.418. The van der Waals surface area contributed by atoms with Crippen LogP contribution in [0.3, 0.4) is 0 Å². The summed E-state index contributed by atoms with van der Waals surface area (Å²) in [6, 6.07) is 7.21. The minimum absolute atomic E-state index is 0.397. The molecule has 3 heteroatoms. The summed E-state index contributed by atoms with van der Waals surface area (Å²) < 4.78 is 1.22. The van der Waals surface area contributed by atoms with E-state index in [9.17, 15) is 0 Å². The Morgan fingerprint density at radius 2 is 2.15 bits per heavy atom.